The first-order chi connectivity index (χ1) is 32.7. The van der Waals surface area contributed by atoms with Crippen molar-refractivity contribution in [1.82, 2.24) is 19.5 Å². The van der Waals surface area contributed by atoms with E-state index in [0.717, 1.165) is 88.3 Å². The molecule has 0 saturated heterocycles. The van der Waals surface area contributed by atoms with Crippen LogP contribution in [-0.2, 0) is 0 Å². The summed E-state index contributed by atoms with van der Waals surface area (Å²) in [6.45, 7) is 0. The van der Waals surface area contributed by atoms with Crippen molar-refractivity contribution >= 4 is 54.5 Å². The molecule has 10 aromatic carbocycles. The van der Waals surface area contributed by atoms with Crippen molar-refractivity contribution in [1.29, 1.82) is 0 Å². The molecule has 0 N–H and O–H groups in total. The van der Waals surface area contributed by atoms with Crippen LogP contribution < -0.4 is 0 Å². The lowest BCUT2D eigenvalue weighted by Crippen LogP contribution is -2.06. The van der Waals surface area contributed by atoms with Gasteiger partial charge in [0.05, 0.1) is 11.0 Å². The molecule has 0 saturated carbocycles. The number of para-hydroxylation sites is 1. The largest absolute Gasteiger partial charge is 0.456 e. The van der Waals surface area contributed by atoms with Crippen molar-refractivity contribution in [2.45, 2.75) is 0 Å². The van der Waals surface area contributed by atoms with Crippen LogP contribution in [0, 0.1) is 0 Å². The maximum absolute atomic E-state index is 6.24. The molecule has 13 aromatic rings. The Morgan fingerprint density at radius 2 is 0.788 bits per heavy atom. The average molecular weight is 841 g/mol. The molecule has 0 spiro atoms. The Hall–Kier alpha value is -8.93. The summed E-state index contributed by atoms with van der Waals surface area (Å²) >= 11 is 0. The number of hydrogen-bond donors (Lipinski definition) is 0. The fraction of sp³-hybridized carbons (Fsp3) is 0. The van der Waals surface area contributed by atoms with Gasteiger partial charge in [-0.1, -0.05) is 182 Å². The molecule has 14 rings (SSSR count). The van der Waals surface area contributed by atoms with E-state index < -0.39 is 0 Å². The van der Waals surface area contributed by atoms with Crippen molar-refractivity contribution in [3.8, 4) is 84.4 Å². The molecule has 0 bridgehead atoms. The minimum Gasteiger partial charge on any atom is -0.456 e. The SMILES string of the molecule is c1ccc(-c2ccc(-c3nc(-c4ccc(-c5ccccc5)cc4)nc(-n4c5ccc(-c6ccc7oc8ccccc8c7c6)cc5c5c6cccc7c6c(cc54)-c4ccccc4-7)n3)cc2)cc1. The Labute approximate surface area is 379 Å². The molecule has 3 aromatic heterocycles. The summed E-state index contributed by atoms with van der Waals surface area (Å²) in [4.78, 5) is 16.0. The Balaban J connectivity index is 1.03. The van der Waals surface area contributed by atoms with Gasteiger partial charge in [0.15, 0.2) is 11.6 Å². The lowest BCUT2D eigenvalue weighted by molar-refractivity contribution is 0.669. The molecular formula is C61H36N4O. The van der Waals surface area contributed by atoms with Gasteiger partial charge in [-0.05, 0) is 103 Å². The van der Waals surface area contributed by atoms with E-state index in [4.69, 9.17) is 19.4 Å². The van der Waals surface area contributed by atoms with Crippen LogP contribution in [0.4, 0.5) is 0 Å². The number of benzene rings is 10. The third-order valence-electron chi connectivity index (χ3n) is 13.4. The van der Waals surface area contributed by atoms with Crippen molar-refractivity contribution in [2.24, 2.45) is 0 Å². The maximum atomic E-state index is 6.24. The van der Waals surface area contributed by atoms with Gasteiger partial charge in [-0.25, -0.2) is 4.98 Å². The van der Waals surface area contributed by atoms with Crippen molar-refractivity contribution in [2.75, 3.05) is 0 Å². The van der Waals surface area contributed by atoms with E-state index in [1.807, 2.05) is 24.3 Å². The van der Waals surface area contributed by atoms with Gasteiger partial charge in [-0.2, -0.15) is 9.97 Å². The highest BCUT2D eigenvalue weighted by Crippen LogP contribution is 2.51. The first kappa shape index (κ1) is 36.5. The van der Waals surface area contributed by atoms with Gasteiger partial charge >= 0.3 is 0 Å². The van der Waals surface area contributed by atoms with Crippen LogP contribution in [0.5, 0.6) is 0 Å². The van der Waals surface area contributed by atoms with Crippen LogP contribution in [0.15, 0.2) is 223 Å². The second kappa shape index (κ2) is 14.3. The van der Waals surface area contributed by atoms with Crippen LogP contribution in [0.2, 0.25) is 0 Å². The number of fused-ring (bicyclic) bond motifs is 10. The molecule has 0 atom stereocenters. The number of hydrogen-bond acceptors (Lipinski definition) is 4. The molecule has 0 unspecified atom stereocenters. The molecule has 0 radical (unpaired) electrons. The third kappa shape index (κ3) is 5.63. The molecule has 3 heterocycles. The van der Waals surface area contributed by atoms with Crippen molar-refractivity contribution in [3.63, 3.8) is 0 Å². The molecule has 306 valence electrons. The minimum atomic E-state index is 0.558. The molecule has 66 heavy (non-hydrogen) atoms. The quantitative estimate of drug-likeness (QED) is 0.167. The van der Waals surface area contributed by atoms with E-state index in [9.17, 15) is 0 Å². The molecule has 0 fully saturated rings. The smallest absolute Gasteiger partial charge is 0.238 e. The van der Waals surface area contributed by atoms with Gasteiger partial charge < -0.3 is 4.42 Å². The summed E-state index contributed by atoms with van der Waals surface area (Å²) < 4.78 is 8.50. The average Bonchev–Trinajstić information content (AvgIpc) is 4.05. The standard InChI is InChI=1S/C61H36N4O/c1-3-12-37(13-4-1)39-22-26-41(27-23-39)59-62-60(42-28-24-40(25-29-42)38-14-5-2-6-15-38)64-61(63-59)65-53-32-30-43(44-31-33-56-50(34-44)47-18-9-10-21-55(47)66-56)35-52(53)58-49-20-11-19-48-45-16-7-8-17-46(45)51(57(48)49)36-54(58)65/h1-36H. The zero-order chi connectivity index (χ0) is 43.3. The van der Waals surface area contributed by atoms with Crippen LogP contribution in [0.1, 0.15) is 0 Å². The fourth-order valence-electron chi connectivity index (χ4n) is 10.3. The van der Waals surface area contributed by atoms with Gasteiger partial charge in [0.2, 0.25) is 5.95 Å². The molecule has 0 aliphatic heterocycles. The van der Waals surface area contributed by atoms with Crippen LogP contribution in [0.25, 0.3) is 139 Å². The Morgan fingerprint density at radius 3 is 1.47 bits per heavy atom. The second-order valence-electron chi connectivity index (χ2n) is 17.1. The highest BCUT2D eigenvalue weighted by Gasteiger charge is 2.27. The topological polar surface area (TPSA) is 56.7 Å². The summed E-state index contributed by atoms with van der Waals surface area (Å²) in [7, 11) is 0. The van der Waals surface area contributed by atoms with Crippen molar-refractivity contribution in [3.05, 3.63) is 218 Å². The van der Waals surface area contributed by atoms with Gasteiger partial charge in [-0.3, -0.25) is 4.57 Å². The van der Waals surface area contributed by atoms with Crippen LogP contribution >= 0.6 is 0 Å². The lowest BCUT2D eigenvalue weighted by atomic mass is 9.96. The Morgan fingerprint density at radius 1 is 0.288 bits per heavy atom. The van der Waals surface area contributed by atoms with E-state index >= 15 is 0 Å². The van der Waals surface area contributed by atoms with E-state index in [1.165, 1.54) is 33.0 Å². The Kier molecular flexibility index (Phi) is 7.91. The van der Waals surface area contributed by atoms with E-state index in [1.54, 1.807) is 0 Å². The Bertz CT molecular complexity index is 3970. The molecule has 5 nitrogen and oxygen atoms in total. The summed E-state index contributed by atoms with van der Waals surface area (Å²) in [6.07, 6.45) is 0. The highest BCUT2D eigenvalue weighted by atomic mass is 16.3. The molecule has 1 aliphatic carbocycles. The first-order valence-electron chi connectivity index (χ1n) is 22.3. The van der Waals surface area contributed by atoms with Crippen LogP contribution in [0.3, 0.4) is 0 Å². The van der Waals surface area contributed by atoms with Crippen molar-refractivity contribution < 1.29 is 4.42 Å². The van der Waals surface area contributed by atoms with Gasteiger partial charge in [0.25, 0.3) is 0 Å². The fourth-order valence-corrected chi connectivity index (χ4v) is 10.3. The van der Waals surface area contributed by atoms with Gasteiger partial charge in [0.1, 0.15) is 11.2 Å². The van der Waals surface area contributed by atoms with Gasteiger partial charge in [0, 0.05) is 32.7 Å². The van der Waals surface area contributed by atoms with Crippen LogP contribution in [-0.4, -0.2) is 19.5 Å². The zero-order valence-electron chi connectivity index (χ0n) is 35.5. The predicted molar refractivity (Wildman–Crippen MR) is 271 cm³/mol. The van der Waals surface area contributed by atoms with Gasteiger partial charge in [-0.15, -0.1) is 0 Å². The summed E-state index contributed by atoms with van der Waals surface area (Å²) in [5.41, 5.74) is 17.4. The summed E-state index contributed by atoms with van der Waals surface area (Å²) in [5.74, 6) is 1.77. The van der Waals surface area contributed by atoms with E-state index in [2.05, 4.69) is 199 Å². The second-order valence-corrected chi connectivity index (χ2v) is 17.1. The summed E-state index contributed by atoms with van der Waals surface area (Å²) in [6, 6.07) is 77.4. The monoisotopic (exact) mass is 840 g/mol. The predicted octanol–water partition coefficient (Wildman–Crippen LogP) is 16.0. The maximum Gasteiger partial charge on any atom is 0.238 e. The lowest BCUT2D eigenvalue weighted by Gasteiger charge is -2.12. The molecular weight excluding hydrogens is 805 g/mol. The number of rotatable bonds is 6. The number of aromatic nitrogens is 4. The zero-order valence-corrected chi connectivity index (χ0v) is 35.5. The first-order valence-corrected chi connectivity index (χ1v) is 22.3. The van der Waals surface area contributed by atoms with E-state index in [0.29, 0.717) is 17.6 Å². The number of furan rings is 1. The van der Waals surface area contributed by atoms with E-state index in [-0.39, 0.29) is 0 Å². The third-order valence-corrected chi connectivity index (χ3v) is 13.4. The number of nitrogens with zero attached hydrogens (tertiary/aromatic N) is 4. The highest BCUT2D eigenvalue weighted by molar-refractivity contribution is 6.29. The summed E-state index contributed by atoms with van der Waals surface area (Å²) in [5, 5.41) is 6.99. The normalized spacial score (nSPS) is 11.9. The molecule has 5 heteroatoms. The molecule has 0 amide bonds. The molecule has 1 aliphatic rings. The minimum absolute atomic E-state index is 0.558.